The zero-order chi connectivity index (χ0) is 11.8. The lowest BCUT2D eigenvalue weighted by Crippen LogP contribution is -2.13. The number of benzene rings is 1. The molecule has 0 spiro atoms. The van der Waals surface area contributed by atoms with Crippen molar-refractivity contribution >= 4 is 11.0 Å². The van der Waals surface area contributed by atoms with E-state index in [2.05, 4.69) is 49.8 Å². The maximum atomic E-state index is 4.49. The third-order valence-electron chi connectivity index (χ3n) is 2.90. The molecule has 0 saturated carbocycles. The molecule has 0 aliphatic carbocycles. The lowest BCUT2D eigenvalue weighted by molar-refractivity contribution is 0.594. The minimum Gasteiger partial charge on any atom is -0.253 e. The standard InChI is InChI=1S/C14H18N2/c1-5-10-6-7-11(14(2,3)4)13-12(10)15-8-9-16-13/h6-9H,5H2,1-4H3. The minimum absolute atomic E-state index is 0.112. The van der Waals surface area contributed by atoms with Crippen LogP contribution in [0.3, 0.4) is 0 Å². The van der Waals surface area contributed by atoms with Crippen molar-refractivity contribution in [3.8, 4) is 0 Å². The largest absolute Gasteiger partial charge is 0.253 e. The molecule has 1 aromatic carbocycles. The van der Waals surface area contributed by atoms with Gasteiger partial charge in [-0.1, -0.05) is 39.8 Å². The summed E-state index contributed by atoms with van der Waals surface area (Å²) in [6.45, 7) is 8.78. The second kappa shape index (κ2) is 3.85. The van der Waals surface area contributed by atoms with Gasteiger partial charge in [-0.15, -0.1) is 0 Å². The van der Waals surface area contributed by atoms with Gasteiger partial charge in [0, 0.05) is 12.4 Å². The summed E-state index contributed by atoms with van der Waals surface area (Å²) in [4.78, 5) is 8.96. The Morgan fingerprint density at radius 3 is 2.19 bits per heavy atom. The van der Waals surface area contributed by atoms with Crippen molar-refractivity contribution in [2.24, 2.45) is 0 Å². The molecule has 2 aromatic rings. The zero-order valence-corrected chi connectivity index (χ0v) is 10.4. The first-order chi connectivity index (χ1) is 7.54. The first-order valence-corrected chi connectivity index (χ1v) is 5.77. The Labute approximate surface area is 96.7 Å². The quantitative estimate of drug-likeness (QED) is 0.726. The van der Waals surface area contributed by atoms with Gasteiger partial charge >= 0.3 is 0 Å². The van der Waals surface area contributed by atoms with Crippen LogP contribution < -0.4 is 0 Å². The Morgan fingerprint density at radius 2 is 1.62 bits per heavy atom. The first kappa shape index (κ1) is 11.1. The van der Waals surface area contributed by atoms with Crippen molar-refractivity contribution < 1.29 is 0 Å². The molecule has 1 aromatic heterocycles. The monoisotopic (exact) mass is 214 g/mol. The smallest absolute Gasteiger partial charge is 0.0926 e. The third-order valence-corrected chi connectivity index (χ3v) is 2.90. The first-order valence-electron chi connectivity index (χ1n) is 5.77. The molecule has 0 N–H and O–H groups in total. The molecule has 0 bridgehead atoms. The molecule has 0 saturated heterocycles. The molecule has 0 fully saturated rings. The van der Waals surface area contributed by atoms with Gasteiger partial charge in [-0.25, -0.2) is 0 Å². The molecular weight excluding hydrogens is 196 g/mol. The average Bonchev–Trinajstić information content (AvgIpc) is 2.26. The van der Waals surface area contributed by atoms with Crippen LogP contribution in [0.15, 0.2) is 24.5 Å². The van der Waals surface area contributed by atoms with E-state index in [-0.39, 0.29) is 5.41 Å². The lowest BCUT2D eigenvalue weighted by atomic mass is 9.85. The number of fused-ring (bicyclic) bond motifs is 1. The summed E-state index contributed by atoms with van der Waals surface area (Å²) in [5, 5.41) is 0. The van der Waals surface area contributed by atoms with E-state index in [1.165, 1.54) is 11.1 Å². The van der Waals surface area contributed by atoms with Crippen molar-refractivity contribution in [3.05, 3.63) is 35.7 Å². The van der Waals surface area contributed by atoms with Crippen molar-refractivity contribution in [1.82, 2.24) is 9.97 Å². The molecule has 84 valence electrons. The maximum absolute atomic E-state index is 4.49. The normalized spacial score (nSPS) is 12.0. The van der Waals surface area contributed by atoms with Crippen LogP contribution in [0.5, 0.6) is 0 Å². The number of aromatic nitrogens is 2. The highest BCUT2D eigenvalue weighted by molar-refractivity contribution is 5.82. The summed E-state index contributed by atoms with van der Waals surface area (Å²) in [6, 6.07) is 4.37. The number of nitrogens with zero attached hydrogens (tertiary/aromatic N) is 2. The minimum atomic E-state index is 0.112. The van der Waals surface area contributed by atoms with E-state index < -0.39 is 0 Å². The SMILES string of the molecule is CCc1ccc(C(C)(C)C)c2nccnc12. The van der Waals surface area contributed by atoms with Gasteiger partial charge in [-0.3, -0.25) is 9.97 Å². The molecule has 0 amide bonds. The Bertz CT molecular complexity index is 510. The molecule has 2 heteroatoms. The van der Waals surface area contributed by atoms with Crippen LogP contribution in [0.25, 0.3) is 11.0 Å². The molecule has 2 rings (SSSR count). The summed E-state index contributed by atoms with van der Waals surface area (Å²) >= 11 is 0. The highest BCUT2D eigenvalue weighted by Gasteiger charge is 2.18. The van der Waals surface area contributed by atoms with E-state index in [0.29, 0.717) is 0 Å². The van der Waals surface area contributed by atoms with E-state index in [9.17, 15) is 0 Å². The highest BCUT2D eigenvalue weighted by Crippen LogP contribution is 2.29. The molecule has 0 atom stereocenters. The predicted octanol–water partition coefficient (Wildman–Crippen LogP) is 3.49. The lowest BCUT2D eigenvalue weighted by Gasteiger charge is -2.21. The van der Waals surface area contributed by atoms with Crippen molar-refractivity contribution in [2.75, 3.05) is 0 Å². The van der Waals surface area contributed by atoms with Gasteiger partial charge in [0.2, 0.25) is 0 Å². The van der Waals surface area contributed by atoms with Crippen LogP contribution in [0.4, 0.5) is 0 Å². The van der Waals surface area contributed by atoms with Gasteiger partial charge < -0.3 is 0 Å². The summed E-state index contributed by atoms with van der Waals surface area (Å²) in [5.74, 6) is 0. The van der Waals surface area contributed by atoms with Crippen LogP contribution in [-0.2, 0) is 11.8 Å². The van der Waals surface area contributed by atoms with Gasteiger partial charge in [-0.2, -0.15) is 0 Å². The van der Waals surface area contributed by atoms with E-state index in [4.69, 9.17) is 0 Å². The highest BCUT2D eigenvalue weighted by atomic mass is 14.8. The number of aryl methyl sites for hydroxylation is 1. The van der Waals surface area contributed by atoms with Gasteiger partial charge in [0.15, 0.2) is 0 Å². The van der Waals surface area contributed by atoms with E-state index in [1.54, 1.807) is 12.4 Å². The van der Waals surface area contributed by atoms with Crippen LogP contribution in [0, 0.1) is 0 Å². The zero-order valence-electron chi connectivity index (χ0n) is 10.4. The van der Waals surface area contributed by atoms with Crippen LogP contribution in [0.2, 0.25) is 0 Å². The van der Waals surface area contributed by atoms with Gasteiger partial charge in [0.05, 0.1) is 11.0 Å². The Hall–Kier alpha value is -1.44. The number of hydrogen-bond acceptors (Lipinski definition) is 2. The summed E-state index contributed by atoms with van der Waals surface area (Å²) in [7, 11) is 0. The van der Waals surface area contributed by atoms with Crippen LogP contribution in [-0.4, -0.2) is 9.97 Å². The fourth-order valence-electron chi connectivity index (χ4n) is 2.00. The second-order valence-electron chi connectivity index (χ2n) is 5.13. The maximum Gasteiger partial charge on any atom is 0.0926 e. The fourth-order valence-corrected chi connectivity index (χ4v) is 2.00. The molecule has 0 radical (unpaired) electrons. The van der Waals surface area contributed by atoms with E-state index >= 15 is 0 Å². The van der Waals surface area contributed by atoms with Crippen LogP contribution >= 0.6 is 0 Å². The van der Waals surface area contributed by atoms with Crippen LogP contribution in [0.1, 0.15) is 38.8 Å². The molecule has 0 aliphatic heterocycles. The fraction of sp³-hybridized carbons (Fsp3) is 0.429. The summed E-state index contributed by atoms with van der Waals surface area (Å²) in [5.41, 5.74) is 4.76. The number of rotatable bonds is 1. The van der Waals surface area contributed by atoms with Gasteiger partial charge in [-0.05, 0) is 23.0 Å². The topological polar surface area (TPSA) is 25.8 Å². The van der Waals surface area contributed by atoms with Crippen molar-refractivity contribution in [2.45, 2.75) is 39.5 Å². The summed E-state index contributed by atoms with van der Waals surface area (Å²) in [6.07, 6.45) is 4.55. The van der Waals surface area contributed by atoms with Gasteiger partial charge in [0.25, 0.3) is 0 Å². The Balaban J connectivity index is 2.80. The van der Waals surface area contributed by atoms with E-state index in [1.807, 2.05) is 0 Å². The molecule has 2 nitrogen and oxygen atoms in total. The molecule has 16 heavy (non-hydrogen) atoms. The predicted molar refractivity (Wildman–Crippen MR) is 67.6 cm³/mol. The third kappa shape index (κ3) is 1.80. The second-order valence-corrected chi connectivity index (χ2v) is 5.13. The molecule has 1 heterocycles. The van der Waals surface area contributed by atoms with E-state index in [0.717, 1.165) is 17.5 Å². The molecule has 0 aliphatic rings. The number of hydrogen-bond donors (Lipinski definition) is 0. The average molecular weight is 214 g/mol. The summed E-state index contributed by atoms with van der Waals surface area (Å²) < 4.78 is 0. The van der Waals surface area contributed by atoms with Gasteiger partial charge in [0.1, 0.15) is 0 Å². The van der Waals surface area contributed by atoms with Crippen molar-refractivity contribution in [3.63, 3.8) is 0 Å². The molecule has 0 unspecified atom stereocenters. The Kier molecular flexibility index (Phi) is 2.66. The Morgan fingerprint density at radius 1 is 1.00 bits per heavy atom. The van der Waals surface area contributed by atoms with Crippen molar-refractivity contribution in [1.29, 1.82) is 0 Å². The molecular formula is C14H18N2.